The smallest absolute Gasteiger partial charge is 0.246 e. The Morgan fingerprint density at radius 3 is 2.66 bits per heavy atom. The summed E-state index contributed by atoms with van der Waals surface area (Å²) in [6.45, 7) is 2.19. The number of aryl methyl sites for hydroxylation is 1. The number of rotatable bonds is 6. The Morgan fingerprint density at radius 1 is 1.05 bits per heavy atom. The molecular formula is C31H32ClN3O6. The largest absolute Gasteiger partial charge is 0.454 e. The van der Waals surface area contributed by atoms with Crippen LogP contribution < -0.4 is 20.1 Å². The summed E-state index contributed by atoms with van der Waals surface area (Å²) in [6.07, 6.45) is 8.15. The predicted octanol–water partition coefficient (Wildman–Crippen LogP) is 4.12. The third kappa shape index (κ3) is 4.37. The molecule has 1 aliphatic carbocycles. The summed E-state index contributed by atoms with van der Waals surface area (Å²) >= 11 is 6.29. The van der Waals surface area contributed by atoms with Gasteiger partial charge in [-0.25, -0.2) is 0 Å². The number of anilines is 1. The number of nitrogens with one attached hydrogen (secondary N) is 2. The molecular weight excluding hydrogens is 546 g/mol. The Balaban J connectivity index is 1.21. The SMILES string of the molecule is Cc1ccc(NC(=O)C2C3C=CC4(O3)C2C(=O)N(Cc2ccc3c(c2)OCO3)C4C(=O)NC2CCCCC2)cc1Cl. The first-order valence-corrected chi connectivity index (χ1v) is 14.7. The number of ether oxygens (including phenoxy) is 3. The van der Waals surface area contributed by atoms with Gasteiger partial charge in [0.05, 0.1) is 17.9 Å². The number of halogens is 1. The molecule has 2 bridgehead atoms. The van der Waals surface area contributed by atoms with Crippen molar-refractivity contribution in [3.8, 4) is 11.5 Å². The lowest BCUT2D eigenvalue weighted by atomic mass is 9.74. The molecule has 9 nitrogen and oxygen atoms in total. The van der Waals surface area contributed by atoms with E-state index in [9.17, 15) is 14.4 Å². The summed E-state index contributed by atoms with van der Waals surface area (Å²) in [6, 6.07) is 9.94. The number of benzene rings is 2. The normalized spacial score (nSPS) is 29.6. The number of amides is 3. The van der Waals surface area contributed by atoms with Crippen LogP contribution in [0.4, 0.5) is 5.69 Å². The van der Waals surface area contributed by atoms with E-state index in [2.05, 4.69) is 10.6 Å². The van der Waals surface area contributed by atoms with Gasteiger partial charge in [0.15, 0.2) is 11.5 Å². The van der Waals surface area contributed by atoms with Gasteiger partial charge in [-0.3, -0.25) is 14.4 Å². The zero-order chi connectivity index (χ0) is 28.3. The number of fused-ring (bicyclic) bond motifs is 2. The van der Waals surface area contributed by atoms with Crippen molar-refractivity contribution in [3.63, 3.8) is 0 Å². The van der Waals surface area contributed by atoms with E-state index in [1.807, 2.05) is 37.3 Å². The minimum atomic E-state index is -1.23. The van der Waals surface area contributed by atoms with Crippen LogP contribution >= 0.6 is 11.6 Å². The van der Waals surface area contributed by atoms with E-state index in [0.717, 1.165) is 43.2 Å². The molecule has 2 aromatic carbocycles. The second-order valence-corrected chi connectivity index (χ2v) is 12.1. The van der Waals surface area contributed by atoms with Crippen molar-refractivity contribution in [2.45, 2.75) is 69.4 Å². The lowest BCUT2D eigenvalue weighted by Gasteiger charge is -2.34. The molecule has 2 saturated heterocycles. The molecule has 3 amide bonds. The van der Waals surface area contributed by atoms with Crippen molar-refractivity contribution in [1.29, 1.82) is 0 Å². The Kier molecular flexibility index (Phi) is 6.47. The molecule has 5 unspecified atom stereocenters. The number of nitrogens with zero attached hydrogens (tertiary/aromatic N) is 1. The van der Waals surface area contributed by atoms with Crippen molar-refractivity contribution < 1.29 is 28.6 Å². The standard InChI is InChI=1S/C31H32ClN3O6/c1-17-7-9-20(14-21(17)32)34-28(36)25-23-11-12-31(41-23)26(25)30(38)35(15-18-8-10-22-24(13-18)40-16-39-22)27(31)29(37)33-19-5-3-2-4-6-19/h7-14,19,23,25-27H,2-6,15-16H2,1H3,(H,33,37)(H,34,36). The highest BCUT2D eigenvalue weighted by Crippen LogP contribution is 2.55. The highest BCUT2D eigenvalue weighted by molar-refractivity contribution is 6.31. The molecule has 214 valence electrons. The fourth-order valence-corrected chi connectivity index (χ4v) is 7.28. The number of carbonyl (C=O) groups excluding carboxylic acids is 3. The maximum Gasteiger partial charge on any atom is 0.246 e. The molecule has 41 heavy (non-hydrogen) atoms. The van der Waals surface area contributed by atoms with Crippen LogP contribution in [0.3, 0.4) is 0 Å². The van der Waals surface area contributed by atoms with Gasteiger partial charge in [-0.15, -0.1) is 0 Å². The Hall–Kier alpha value is -3.56. The predicted molar refractivity (Wildman–Crippen MR) is 150 cm³/mol. The zero-order valence-electron chi connectivity index (χ0n) is 22.7. The van der Waals surface area contributed by atoms with Crippen molar-refractivity contribution in [2.75, 3.05) is 12.1 Å². The van der Waals surface area contributed by atoms with Gasteiger partial charge in [0.2, 0.25) is 24.5 Å². The molecule has 2 N–H and O–H groups in total. The minimum absolute atomic E-state index is 0.0576. The van der Waals surface area contributed by atoms with Crippen LogP contribution in [0.1, 0.15) is 43.2 Å². The Bertz CT molecular complexity index is 1460. The molecule has 1 saturated carbocycles. The summed E-state index contributed by atoms with van der Waals surface area (Å²) < 4.78 is 17.5. The van der Waals surface area contributed by atoms with Gasteiger partial charge < -0.3 is 29.7 Å². The fraction of sp³-hybridized carbons (Fsp3) is 0.452. The monoisotopic (exact) mass is 577 g/mol. The van der Waals surface area contributed by atoms with Crippen LogP contribution in [0.15, 0.2) is 48.6 Å². The molecule has 7 rings (SSSR count). The average molecular weight is 578 g/mol. The molecule has 4 aliphatic heterocycles. The molecule has 4 heterocycles. The molecule has 1 spiro atoms. The van der Waals surface area contributed by atoms with Gasteiger partial charge in [0, 0.05) is 23.3 Å². The maximum atomic E-state index is 14.3. The maximum absolute atomic E-state index is 14.3. The second kappa shape index (κ2) is 10.1. The third-order valence-electron chi connectivity index (χ3n) is 9.11. The molecule has 3 fully saturated rings. The minimum Gasteiger partial charge on any atom is -0.454 e. The quantitative estimate of drug-likeness (QED) is 0.501. The lowest BCUT2D eigenvalue weighted by Crippen LogP contribution is -2.56. The fourth-order valence-electron chi connectivity index (χ4n) is 7.10. The van der Waals surface area contributed by atoms with Gasteiger partial charge in [-0.05, 0) is 55.2 Å². The molecule has 0 aromatic heterocycles. The summed E-state index contributed by atoms with van der Waals surface area (Å²) in [4.78, 5) is 43.6. The van der Waals surface area contributed by atoms with E-state index in [-0.39, 0.29) is 37.1 Å². The van der Waals surface area contributed by atoms with E-state index in [1.54, 1.807) is 23.1 Å². The molecule has 2 aromatic rings. The summed E-state index contributed by atoms with van der Waals surface area (Å²) in [5.41, 5.74) is 1.000. The number of hydrogen-bond acceptors (Lipinski definition) is 6. The number of likely N-dealkylation sites (tertiary alicyclic amines) is 1. The lowest BCUT2D eigenvalue weighted by molar-refractivity contribution is -0.142. The second-order valence-electron chi connectivity index (χ2n) is 11.7. The van der Waals surface area contributed by atoms with E-state index in [4.69, 9.17) is 25.8 Å². The van der Waals surface area contributed by atoms with E-state index in [1.165, 1.54) is 0 Å². The molecule has 5 aliphatic rings. The highest BCUT2D eigenvalue weighted by Gasteiger charge is 2.72. The molecule has 0 radical (unpaired) electrons. The van der Waals surface area contributed by atoms with Crippen LogP contribution in [0.25, 0.3) is 0 Å². The van der Waals surface area contributed by atoms with Crippen LogP contribution in [0.5, 0.6) is 11.5 Å². The third-order valence-corrected chi connectivity index (χ3v) is 9.51. The first-order valence-electron chi connectivity index (χ1n) is 14.3. The molecule has 10 heteroatoms. The Labute approximate surface area is 243 Å². The van der Waals surface area contributed by atoms with Gasteiger partial charge in [0.25, 0.3) is 0 Å². The van der Waals surface area contributed by atoms with Crippen molar-refractivity contribution in [1.82, 2.24) is 10.2 Å². The topological polar surface area (TPSA) is 106 Å². The van der Waals surface area contributed by atoms with Gasteiger partial charge in [-0.2, -0.15) is 0 Å². The first-order chi connectivity index (χ1) is 19.8. The van der Waals surface area contributed by atoms with Gasteiger partial charge in [0.1, 0.15) is 11.6 Å². The van der Waals surface area contributed by atoms with Crippen LogP contribution in [0.2, 0.25) is 5.02 Å². The number of carbonyl (C=O) groups is 3. The van der Waals surface area contributed by atoms with Crippen molar-refractivity contribution in [2.24, 2.45) is 11.8 Å². The number of hydrogen-bond donors (Lipinski definition) is 2. The van der Waals surface area contributed by atoms with Gasteiger partial charge in [-0.1, -0.05) is 55.1 Å². The van der Waals surface area contributed by atoms with E-state index in [0.29, 0.717) is 22.2 Å². The van der Waals surface area contributed by atoms with E-state index < -0.39 is 29.6 Å². The zero-order valence-corrected chi connectivity index (χ0v) is 23.5. The highest BCUT2D eigenvalue weighted by atomic mass is 35.5. The first kappa shape index (κ1) is 26.3. The average Bonchev–Trinajstić information content (AvgIpc) is 3.72. The van der Waals surface area contributed by atoms with Gasteiger partial charge >= 0.3 is 0 Å². The summed E-state index contributed by atoms with van der Waals surface area (Å²) in [7, 11) is 0. The van der Waals surface area contributed by atoms with Crippen LogP contribution in [-0.2, 0) is 25.7 Å². The van der Waals surface area contributed by atoms with E-state index >= 15 is 0 Å². The van der Waals surface area contributed by atoms with Crippen LogP contribution in [-0.4, -0.2) is 53.2 Å². The Morgan fingerprint density at radius 2 is 1.85 bits per heavy atom. The summed E-state index contributed by atoms with van der Waals surface area (Å²) in [5, 5.41) is 6.68. The van der Waals surface area contributed by atoms with Crippen molar-refractivity contribution in [3.05, 3.63) is 64.7 Å². The molecule has 5 atom stereocenters. The summed E-state index contributed by atoms with van der Waals surface area (Å²) in [5.74, 6) is -1.25. The van der Waals surface area contributed by atoms with Crippen molar-refractivity contribution >= 4 is 35.0 Å². The van der Waals surface area contributed by atoms with Crippen LogP contribution in [0, 0.1) is 18.8 Å².